The van der Waals surface area contributed by atoms with Crippen molar-refractivity contribution >= 4 is 61.5 Å². The Labute approximate surface area is 173 Å². The van der Waals surface area contributed by atoms with Crippen LogP contribution in [0.15, 0.2) is 41.4 Å². The summed E-state index contributed by atoms with van der Waals surface area (Å²) < 4.78 is 8.28. The molecule has 0 radical (unpaired) electrons. The first-order valence-electron chi connectivity index (χ1n) is 8.35. The van der Waals surface area contributed by atoms with Gasteiger partial charge in [0.05, 0.1) is 21.7 Å². The van der Waals surface area contributed by atoms with Gasteiger partial charge in [0.1, 0.15) is 0 Å². The molecule has 7 nitrogen and oxygen atoms in total. The Morgan fingerprint density at radius 3 is 2.89 bits per heavy atom. The summed E-state index contributed by atoms with van der Waals surface area (Å²) in [6.45, 7) is 3.59. The minimum atomic E-state index is -0.460. The van der Waals surface area contributed by atoms with Crippen LogP contribution in [-0.4, -0.2) is 28.6 Å². The van der Waals surface area contributed by atoms with Gasteiger partial charge in [-0.2, -0.15) is 4.99 Å². The fourth-order valence-corrected chi connectivity index (χ4v) is 4.53. The fourth-order valence-electron chi connectivity index (χ4n) is 2.46. The van der Waals surface area contributed by atoms with E-state index in [4.69, 9.17) is 16.3 Å². The molecule has 2 heterocycles. The Balaban J connectivity index is 1.90. The number of fused-ring (bicyclic) bond motifs is 1. The van der Waals surface area contributed by atoms with Gasteiger partial charge in [0, 0.05) is 35.2 Å². The molecule has 28 heavy (non-hydrogen) atoms. The van der Waals surface area contributed by atoms with Crippen LogP contribution < -0.4 is 4.80 Å². The van der Waals surface area contributed by atoms with Crippen molar-refractivity contribution < 1.29 is 14.5 Å². The van der Waals surface area contributed by atoms with Crippen LogP contribution in [0.4, 0.5) is 5.00 Å². The van der Waals surface area contributed by atoms with Crippen molar-refractivity contribution in [2.24, 2.45) is 4.99 Å². The number of benzene rings is 1. The Bertz CT molecular complexity index is 1110. The molecular weight excluding hydrogens is 422 g/mol. The number of hydrogen-bond donors (Lipinski definition) is 0. The summed E-state index contributed by atoms with van der Waals surface area (Å²) in [6.07, 6.45) is 2.83. The summed E-state index contributed by atoms with van der Waals surface area (Å²) in [5.74, 6) is -0.445. The van der Waals surface area contributed by atoms with Gasteiger partial charge in [-0.15, -0.1) is 0 Å². The molecule has 0 saturated heterocycles. The van der Waals surface area contributed by atoms with E-state index in [1.165, 1.54) is 29.6 Å². The molecule has 3 rings (SSSR count). The Hall–Kier alpha value is -2.33. The van der Waals surface area contributed by atoms with Crippen LogP contribution in [-0.2, 0) is 16.1 Å². The van der Waals surface area contributed by atoms with E-state index in [0.717, 1.165) is 21.6 Å². The number of hydrogen-bond acceptors (Lipinski definition) is 6. The molecule has 0 aliphatic rings. The lowest BCUT2D eigenvalue weighted by atomic mass is 10.3. The number of halogens is 1. The van der Waals surface area contributed by atoms with E-state index in [9.17, 15) is 14.9 Å². The Kier molecular flexibility index (Phi) is 6.74. The highest BCUT2D eigenvalue weighted by Crippen LogP contribution is 2.25. The SMILES string of the molecule is CCOCCn1c(=NC(=O)/C=C\c2ccc([N+](=O)[O-])s2)sc2cc(Cl)ccc21. The predicted octanol–water partition coefficient (Wildman–Crippen LogP) is 4.50. The molecule has 0 N–H and O–H groups in total. The quantitative estimate of drug-likeness (QED) is 0.235. The summed E-state index contributed by atoms with van der Waals surface area (Å²) in [7, 11) is 0. The van der Waals surface area contributed by atoms with Crippen LogP contribution in [0.5, 0.6) is 0 Å². The maximum atomic E-state index is 12.3. The number of carbonyl (C=O) groups is 1. The van der Waals surface area contributed by atoms with Gasteiger partial charge in [0.25, 0.3) is 5.91 Å². The molecule has 3 aromatic rings. The number of ether oxygens (including phenoxy) is 1. The number of nitro groups is 1. The topological polar surface area (TPSA) is 86.7 Å². The Morgan fingerprint density at radius 2 is 2.18 bits per heavy atom. The average Bonchev–Trinajstić information content (AvgIpc) is 3.25. The fraction of sp³-hybridized carbons (Fsp3) is 0.222. The van der Waals surface area contributed by atoms with Crippen LogP contribution in [0.25, 0.3) is 16.3 Å². The lowest BCUT2D eigenvalue weighted by Crippen LogP contribution is -2.19. The van der Waals surface area contributed by atoms with Crippen LogP contribution in [0.2, 0.25) is 5.02 Å². The molecule has 1 amide bonds. The van der Waals surface area contributed by atoms with Gasteiger partial charge in [-0.1, -0.05) is 34.3 Å². The molecule has 10 heteroatoms. The van der Waals surface area contributed by atoms with Gasteiger partial charge in [-0.25, -0.2) is 0 Å². The molecule has 0 unspecified atom stereocenters. The summed E-state index contributed by atoms with van der Waals surface area (Å²) in [6, 6.07) is 8.52. The highest BCUT2D eigenvalue weighted by Gasteiger charge is 2.09. The van der Waals surface area contributed by atoms with Gasteiger partial charge in [-0.3, -0.25) is 14.9 Å². The highest BCUT2D eigenvalue weighted by molar-refractivity contribution is 7.16. The minimum Gasteiger partial charge on any atom is -0.380 e. The molecule has 2 aromatic heterocycles. The Morgan fingerprint density at radius 1 is 1.36 bits per heavy atom. The zero-order chi connectivity index (χ0) is 20.1. The molecule has 0 saturated carbocycles. The van der Waals surface area contributed by atoms with Crippen molar-refractivity contribution in [2.75, 3.05) is 13.2 Å². The van der Waals surface area contributed by atoms with Crippen LogP contribution in [0.3, 0.4) is 0 Å². The van der Waals surface area contributed by atoms with Crippen LogP contribution in [0.1, 0.15) is 11.8 Å². The van der Waals surface area contributed by atoms with Gasteiger partial charge < -0.3 is 9.30 Å². The summed E-state index contributed by atoms with van der Waals surface area (Å²) in [5.41, 5.74) is 0.929. The van der Waals surface area contributed by atoms with Gasteiger partial charge >= 0.3 is 5.00 Å². The van der Waals surface area contributed by atoms with Crippen molar-refractivity contribution in [1.29, 1.82) is 0 Å². The van der Waals surface area contributed by atoms with E-state index < -0.39 is 10.8 Å². The maximum absolute atomic E-state index is 12.3. The van der Waals surface area contributed by atoms with Gasteiger partial charge in [0.2, 0.25) is 0 Å². The van der Waals surface area contributed by atoms with E-state index in [0.29, 0.717) is 34.5 Å². The normalized spacial score (nSPS) is 12.3. The largest absolute Gasteiger partial charge is 0.380 e. The van der Waals surface area contributed by atoms with Crippen LogP contribution in [0, 0.1) is 10.1 Å². The number of rotatable bonds is 7. The highest BCUT2D eigenvalue weighted by atomic mass is 35.5. The lowest BCUT2D eigenvalue weighted by Gasteiger charge is -2.05. The maximum Gasteiger partial charge on any atom is 0.324 e. The number of thiazole rings is 1. The number of nitrogens with zero attached hydrogens (tertiary/aromatic N) is 3. The molecular formula is C18H16ClN3O4S2. The number of carbonyl (C=O) groups excluding carboxylic acids is 1. The second-order valence-electron chi connectivity index (χ2n) is 5.56. The molecule has 0 spiro atoms. The summed E-state index contributed by atoms with van der Waals surface area (Å²) in [4.78, 5) is 27.9. The lowest BCUT2D eigenvalue weighted by molar-refractivity contribution is -0.380. The molecule has 1 aromatic carbocycles. The summed E-state index contributed by atoms with van der Waals surface area (Å²) in [5, 5.41) is 11.4. The molecule has 0 aliphatic carbocycles. The monoisotopic (exact) mass is 437 g/mol. The smallest absolute Gasteiger partial charge is 0.324 e. The van der Waals surface area contributed by atoms with E-state index in [1.54, 1.807) is 12.1 Å². The number of thiophene rings is 1. The minimum absolute atomic E-state index is 0.0270. The van der Waals surface area contributed by atoms with E-state index in [1.807, 2.05) is 23.6 Å². The average molecular weight is 438 g/mol. The van der Waals surface area contributed by atoms with Crippen molar-refractivity contribution in [2.45, 2.75) is 13.5 Å². The van der Waals surface area contributed by atoms with E-state index in [2.05, 4.69) is 4.99 Å². The second kappa shape index (κ2) is 9.24. The van der Waals surface area contributed by atoms with Gasteiger partial charge in [-0.05, 0) is 37.3 Å². The zero-order valence-electron chi connectivity index (χ0n) is 14.8. The third kappa shape index (κ3) is 4.93. The number of amides is 1. The molecule has 0 bridgehead atoms. The van der Waals surface area contributed by atoms with Crippen molar-refractivity contribution in [3.8, 4) is 0 Å². The van der Waals surface area contributed by atoms with E-state index >= 15 is 0 Å². The first-order valence-corrected chi connectivity index (χ1v) is 10.4. The molecule has 0 atom stereocenters. The van der Waals surface area contributed by atoms with Gasteiger partial charge in [0.15, 0.2) is 4.80 Å². The predicted molar refractivity (Wildman–Crippen MR) is 112 cm³/mol. The molecule has 146 valence electrons. The second-order valence-corrected chi connectivity index (χ2v) is 8.10. The standard InChI is InChI=1S/C18H16ClN3O4S2/c1-2-26-10-9-21-14-6-3-12(19)11-15(14)28-18(21)20-16(23)7-4-13-5-8-17(27-13)22(24)25/h3-8,11H,2,9-10H2,1H3/b7-4-,20-18?. The third-order valence-corrected chi connectivity index (χ3v) is 5.98. The van der Waals surface area contributed by atoms with Crippen molar-refractivity contribution in [1.82, 2.24) is 4.57 Å². The van der Waals surface area contributed by atoms with Crippen molar-refractivity contribution in [3.05, 3.63) is 61.2 Å². The van der Waals surface area contributed by atoms with E-state index in [-0.39, 0.29) is 5.00 Å². The van der Waals surface area contributed by atoms with Crippen molar-refractivity contribution in [3.63, 3.8) is 0 Å². The zero-order valence-corrected chi connectivity index (χ0v) is 17.2. The summed E-state index contributed by atoms with van der Waals surface area (Å²) >= 11 is 8.44. The first kappa shape index (κ1) is 20.4. The third-order valence-electron chi connectivity index (χ3n) is 3.70. The first-order chi connectivity index (χ1) is 13.5. The number of aromatic nitrogens is 1. The molecule has 0 aliphatic heterocycles. The van der Waals surface area contributed by atoms with Crippen LogP contribution >= 0.6 is 34.3 Å². The molecule has 0 fully saturated rings.